The van der Waals surface area contributed by atoms with Crippen LogP contribution in [0.15, 0.2) is 24.3 Å². The molecule has 1 aromatic rings. The lowest BCUT2D eigenvalue weighted by Crippen LogP contribution is -2.12. The fourth-order valence-corrected chi connectivity index (χ4v) is 1.47. The summed E-state index contributed by atoms with van der Waals surface area (Å²) in [5.74, 6) is -1.89. The minimum Gasteiger partial charge on any atom is -0.478 e. The van der Waals surface area contributed by atoms with E-state index in [2.05, 4.69) is 0 Å². The largest absolute Gasteiger partial charge is 0.478 e. The molecule has 1 aromatic carbocycles. The van der Waals surface area contributed by atoms with Gasteiger partial charge in [0, 0.05) is 18.4 Å². The van der Waals surface area contributed by atoms with Crippen molar-refractivity contribution in [2.45, 2.75) is 19.3 Å². The predicted octanol–water partition coefficient (Wildman–Crippen LogP) is 1.22. The normalized spacial score (nSPS) is 9.88. The first kappa shape index (κ1) is 12.9. The monoisotopic (exact) mass is 235 g/mol. The van der Waals surface area contributed by atoms with E-state index in [-0.39, 0.29) is 29.8 Å². The van der Waals surface area contributed by atoms with Gasteiger partial charge in [0.25, 0.3) is 0 Å². The molecule has 1 rings (SSSR count). The van der Waals surface area contributed by atoms with Crippen molar-refractivity contribution in [3.8, 4) is 0 Å². The summed E-state index contributed by atoms with van der Waals surface area (Å²) < 4.78 is 0. The minimum atomic E-state index is -1.14. The SMILES string of the molecule is NC(=O)CCCC(=O)c1ccccc1C(=O)O. The van der Waals surface area contributed by atoms with Gasteiger partial charge in [0.1, 0.15) is 0 Å². The second-order valence-corrected chi connectivity index (χ2v) is 3.59. The molecule has 0 aliphatic carbocycles. The molecule has 0 heterocycles. The number of hydrogen-bond donors (Lipinski definition) is 2. The highest BCUT2D eigenvalue weighted by molar-refractivity contribution is 6.05. The fraction of sp³-hybridized carbons (Fsp3) is 0.250. The van der Waals surface area contributed by atoms with Crippen molar-refractivity contribution in [1.29, 1.82) is 0 Å². The van der Waals surface area contributed by atoms with E-state index in [1.807, 2.05) is 0 Å². The summed E-state index contributed by atoms with van der Waals surface area (Å²) in [6.45, 7) is 0. The van der Waals surface area contributed by atoms with E-state index < -0.39 is 11.9 Å². The predicted molar refractivity (Wildman–Crippen MR) is 60.8 cm³/mol. The number of carbonyl (C=O) groups excluding carboxylic acids is 2. The second-order valence-electron chi connectivity index (χ2n) is 3.59. The Bertz CT molecular complexity index is 454. The summed E-state index contributed by atoms with van der Waals surface area (Å²) in [4.78, 5) is 33.1. The van der Waals surface area contributed by atoms with Crippen LogP contribution < -0.4 is 5.73 Å². The van der Waals surface area contributed by atoms with Crippen molar-refractivity contribution in [2.24, 2.45) is 5.73 Å². The van der Waals surface area contributed by atoms with Gasteiger partial charge in [-0.05, 0) is 12.5 Å². The number of nitrogens with two attached hydrogens (primary N) is 1. The number of ketones is 1. The Morgan fingerprint density at radius 1 is 1.06 bits per heavy atom. The summed E-state index contributed by atoms with van der Waals surface area (Å²) in [5.41, 5.74) is 5.10. The quantitative estimate of drug-likeness (QED) is 0.724. The Balaban J connectivity index is 2.75. The highest BCUT2D eigenvalue weighted by Gasteiger charge is 2.15. The molecular formula is C12H13NO4. The highest BCUT2D eigenvalue weighted by Crippen LogP contribution is 2.13. The average molecular weight is 235 g/mol. The van der Waals surface area contributed by atoms with Crippen LogP contribution in [0, 0.1) is 0 Å². The third kappa shape index (κ3) is 3.71. The summed E-state index contributed by atoms with van der Waals surface area (Å²) >= 11 is 0. The zero-order valence-corrected chi connectivity index (χ0v) is 9.18. The van der Waals surface area contributed by atoms with Gasteiger partial charge in [-0.2, -0.15) is 0 Å². The first-order chi connectivity index (χ1) is 8.02. The van der Waals surface area contributed by atoms with Gasteiger partial charge in [0.2, 0.25) is 5.91 Å². The number of carbonyl (C=O) groups is 3. The number of benzene rings is 1. The molecule has 3 N–H and O–H groups in total. The van der Waals surface area contributed by atoms with Gasteiger partial charge < -0.3 is 10.8 Å². The summed E-state index contributed by atoms with van der Waals surface area (Å²) in [7, 11) is 0. The molecule has 17 heavy (non-hydrogen) atoms. The number of amides is 1. The van der Waals surface area contributed by atoms with Gasteiger partial charge in [0.05, 0.1) is 5.56 Å². The molecule has 0 saturated heterocycles. The molecule has 0 aliphatic rings. The number of carboxylic acids is 1. The highest BCUT2D eigenvalue weighted by atomic mass is 16.4. The molecule has 0 aromatic heterocycles. The van der Waals surface area contributed by atoms with E-state index in [4.69, 9.17) is 10.8 Å². The van der Waals surface area contributed by atoms with E-state index in [0.29, 0.717) is 6.42 Å². The molecule has 0 fully saturated rings. The molecule has 0 aliphatic heterocycles. The smallest absolute Gasteiger partial charge is 0.336 e. The van der Waals surface area contributed by atoms with Crippen LogP contribution in [-0.2, 0) is 4.79 Å². The average Bonchev–Trinajstić information content (AvgIpc) is 2.28. The van der Waals surface area contributed by atoms with Gasteiger partial charge in [-0.1, -0.05) is 18.2 Å². The van der Waals surface area contributed by atoms with Crippen molar-refractivity contribution in [2.75, 3.05) is 0 Å². The molecule has 1 amide bonds. The van der Waals surface area contributed by atoms with Crippen LogP contribution in [0.25, 0.3) is 0 Å². The molecule has 0 spiro atoms. The van der Waals surface area contributed by atoms with Crippen molar-refractivity contribution in [3.05, 3.63) is 35.4 Å². The minimum absolute atomic E-state index is 0.0171. The number of carboxylic acid groups (broad SMARTS) is 1. The maximum Gasteiger partial charge on any atom is 0.336 e. The van der Waals surface area contributed by atoms with Crippen LogP contribution in [0.5, 0.6) is 0 Å². The standard InChI is InChI=1S/C12H13NO4/c13-11(15)7-3-6-10(14)8-4-1-2-5-9(8)12(16)17/h1-2,4-5H,3,6-7H2,(H2,13,15)(H,16,17). The van der Waals surface area contributed by atoms with Gasteiger partial charge in [-0.15, -0.1) is 0 Å². The Hall–Kier alpha value is -2.17. The van der Waals surface area contributed by atoms with E-state index in [1.165, 1.54) is 12.1 Å². The van der Waals surface area contributed by atoms with Crippen molar-refractivity contribution in [1.82, 2.24) is 0 Å². The number of rotatable bonds is 6. The van der Waals surface area contributed by atoms with E-state index in [1.54, 1.807) is 12.1 Å². The Morgan fingerprint density at radius 3 is 2.18 bits per heavy atom. The van der Waals surface area contributed by atoms with Gasteiger partial charge in [-0.3, -0.25) is 9.59 Å². The van der Waals surface area contributed by atoms with Crippen LogP contribution >= 0.6 is 0 Å². The third-order valence-corrected chi connectivity index (χ3v) is 2.28. The molecule has 90 valence electrons. The molecule has 5 heteroatoms. The Labute approximate surface area is 98.2 Å². The molecule has 0 unspecified atom stereocenters. The number of primary amides is 1. The third-order valence-electron chi connectivity index (χ3n) is 2.28. The number of aromatic carboxylic acids is 1. The van der Waals surface area contributed by atoms with Crippen LogP contribution in [0.4, 0.5) is 0 Å². The second kappa shape index (κ2) is 5.79. The molecule has 5 nitrogen and oxygen atoms in total. The van der Waals surface area contributed by atoms with Crippen molar-refractivity contribution in [3.63, 3.8) is 0 Å². The van der Waals surface area contributed by atoms with E-state index in [9.17, 15) is 14.4 Å². The Morgan fingerprint density at radius 2 is 1.65 bits per heavy atom. The van der Waals surface area contributed by atoms with Crippen LogP contribution in [0.3, 0.4) is 0 Å². The lowest BCUT2D eigenvalue weighted by molar-refractivity contribution is -0.118. The number of Topliss-reactive ketones (excluding diaryl/α,β-unsaturated/α-hetero) is 1. The fourth-order valence-electron chi connectivity index (χ4n) is 1.47. The topological polar surface area (TPSA) is 97.5 Å². The van der Waals surface area contributed by atoms with Gasteiger partial charge >= 0.3 is 5.97 Å². The lowest BCUT2D eigenvalue weighted by Gasteiger charge is -2.04. The number of hydrogen-bond acceptors (Lipinski definition) is 3. The first-order valence-corrected chi connectivity index (χ1v) is 5.16. The Kier molecular flexibility index (Phi) is 4.39. The maximum absolute atomic E-state index is 11.7. The van der Waals surface area contributed by atoms with Crippen LogP contribution in [-0.4, -0.2) is 22.8 Å². The molecular weight excluding hydrogens is 222 g/mol. The summed E-state index contributed by atoms with van der Waals surface area (Å²) in [6.07, 6.45) is 0.580. The zero-order chi connectivity index (χ0) is 12.8. The van der Waals surface area contributed by atoms with Crippen molar-refractivity contribution < 1.29 is 19.5 Å². The van der Waals surface area contributed by atoms with E-state index in [0.717, 1.165) is 0 Å². The first-order valence-electron chi connectivity index (χ1n) is 5.16. The van der Waals surface area contributed by atoms with Gasteiger partial charge in [-0.25, -0.2) is 4.79 Å². The molecule has 0 radical (unpaired) electrons. The molecule has 0 atom stereocenters. The summed E-state index contributed by atoms with van der Waals surface area (Å²) in [6, 6.07) is 6.01. The van der Waals surface area contributed by atoms with Gasteiger partial charge in [0.15, 0.2) is 5.78 Å². The van der Waals surface area contributed by atoms with Crippen molar-refractivity contribution >= 4 is 17.7 Å². The van der Waals surface area contributed by atoms with Crippen LogP contribution in [0.1, 0.15) is 40.0 Å². The van der Waals surface area contributed by atoms with Crippen LogP contribution in [0.2, 0.25) is 0 Å². The molecule has 0 saturated carbocycles. The molecule has 0 bridgehead atoms. The summed E-state index contributed by atoms with van der Waals surface area (Å²) in [5, 5.41) is 8.90. The van der Waals surface area contributed by atoms with E-state index >= 15 is 0 Å². The lowest BCUT2D eigenvalue weighted by atomic mass is 10.00. The maximum atomic E-state index is 11.7. The zero-order valence-electron chi connectivity index (χ0n) is 9.18.